The fraction of sp³-hybridized carbons (Fsp3) is 0.706. The summed E-state index contributed by atoms with van der Waals surface area (Å²) in [6, 6.07) is 1.93. The molecule has 0 aromatic rings. The number of rotatable bonds is 9. The van der Waals surface area contributed by atoms with Crippen LogP contribution in [0.2, 0.25) is 0 Å². The number of carbonyl (C=O) groups excluding carboxylic acids is 2. The van der Waals surface area contributed by atoms with E-state index in [0.717, 1.165) is 45.7 Å². The first-order valence-corrected chi connectivity index (χ1v) is 9.03. The van der Waals surface area contributed by atoms with Gasteiger partial charge in [0.15, 0.2) is 0 Å². The number of piperazine rings is 1. The monoisotopic (exact) mass is 348 g/mol. The van der Waals surface area contributed by atoms with Crippen molar-refractivity contribution >= 4 is 11.8 Å². The van der Waals surface area contributed by atoms with E-state index in [9.17, 15) is 9.59 Å². The quantitative estimate of drug-likeness (QED) is 0.281. The van der Waals surface area contributed by atoms with Crippen molar-refractivity contribution in [2.75, 3.05) is 58.9 Å². The normalized spacial score (nSPS) is 18.9. The summed E-state index contributed by atoms with van der Waals surface area (Å²) in [5.41, 5.74) is 0.0811. The molecular formula is C17H28N6O2. The summed E-state index contributed by atoms with van der Waals surface area (Å²) in [6.45, 7) is 7.59. The van der Waals surface area contributed by atoms with E-state index in [1.807, 2.05) is 11.0 Å². The van der Waals surface area contributed by atoms with Crippen LogP contribution in [-0.4, -0.2) is 80.5 Å². The number of likely N-dealkylation sites (tertiary alicyclic amines) is 1. The van der Waals surface area contributed by atoms with Crippen molar-refractivity contribution in [3.63, 3.8) is 0 Å². The van der Waals surface area contributed by atoms with Crippen LogP contribution >= 0.6 is 0 Å². The maximum Gasteiger partial charge on any atom is 0.263 e. The molecule has 2 rings (SSSR count). The van der Waals surface area contributed by atoms with Crippen LogP contribution < -0.4 is 16.0 Å². The van der Waals surface area contributed by atoms with Gasteiger partial charge in [-0.15, -0.1) is 0 Å². The van der Waals surface area contributed by atoms with E-state index in [1.54, 1.807) is 0 Å². The lowest BCUT2D eigenvalue weighted by atomic mass is 10.3. The fourth-order valence-electron chi connectivity index (χ4n) is 2.99. The minimum atomic E-state index is -0.370. The predicted octanol–water partition coefficient (Wildman–Crippen LogP) is -0.983. The number of nitrogens with zero attached hydrogens (tertiary/aromatic N) is 3. The minimum Gasteiger partial charge on any atom is -0.388 e. The molecule has 2 saturated heterocycles. The Kier molecular flexibility index (Phi) is 8.22. The Morgan fingerprint density at radius 3 is 2.72 bits per heavy atom. The summed E-state index contributed by atoms with van der Waals surface area (Å²) in [5.74, 6) is -0.178. The number of hydrogen-bond acceptors (Lipinski definition) is 6. The van der Waals surface area contributed by atoms with Crippen molar-refractivity contribution in [2.24, 2.45) is 0 Å². The average Bonchev–Trinajstić information content (AvgIpc) is 3.04. The number of nitriles is 1. The van der Waals surface area contributed by atoms with Gasteiger partial charge in [0.2, 0.25) is 5.91 Å². The van der Waals surface area contributed by atoms with Gasteiger partial charge >= 0.3 is 0 Å². The van der Waals surface area contributed by atoms with Crippen molar-refractivity contribution in [3.05, 3.63) is 11.8 Å². The molecule has 0 spiro atoms. The Bertz CT molecular complexity index is 522. The zero-order valence-electron chi connectivity index (χ0n) is 14.7. The van der Waals surface area contributed by atoms with Crippen molar-refractivity contribution < 1.29 is 9.59 Å². The molecule has 0 unspecified atom stereocenters. The average molecular weight is 348 g/mol. The Morgan fingerprint density at radius 2 is 2.04 bits per heavy atom. The first-order chi connectivity index (χ1) is 12.2. The smallest absolute Gasteiger partial charge is 0.263 e. The standard InChI is InChI=1S/C17H28N6O2/c18-13-15(14-20-7-12-22-10-5-19-6-11-22)17(25)21-4-2-9-23-8-1-3-16(23)24/h14,19-20H,1-12H2,(H,21,25)/b15-14-. The van der Waals surface area contributed by atoms with E-state index in [2.05, 4.69) is 20.9 Å². The van der Waals surface area contributed by atoms with Crippen molar-refractivity contribution in [3.8, 4) is 6.07 Å². The van der Waals surface area contributed by atoms with Crippen LogP contribution in [0.25, 0.3) is 0 Å². The van der Waals surface area contributed by atoms with Crippen LogP contribution in [0.4, 0.5) is 0 Å². The van der Waals surface area contributed by atoms with Gasteiger partial charge in [-0.3, -0.25) is 14.5 Å². The molecule has 0 bridgehead atoms. The van der Waals surface area contributed by atoms with Gasteiger partial charge in [-0.25, -0.2) is 0 Å². The van der Waals surface area contributed by atoms with Gasteiger partial charge in [0.05, 0.1) is 0 Å². The molecule has 0 aliphatic carbocycles. The molecule has 0 aromatic heterocycles. The molecule has 2 heterocycles. The van der Waals surface area contributed by atoms with Crippen LogP contribution in [0, 0.1) is 11.3 Å². The third-order valence-corrected chi connectivity index (χ3v) is 4.46. The van der Waals surface area contributed by atoms with Gasteiger partial charge in [-0.1, -0.05) is 0 Å². The number of carbonyl (C=O) groups is 2. The summed E-state index contributed by atoms with van der Waals surface area (Å²) in [7, 11) is 0. The second-order valence-electron chi connectivity index (χ2n) is 6.31. The molecule has 2 aliphatic heterocycles. The zero-order valence-corrected chi connectivity index (χ0v) is 14.7. The van der Waals surface area contributed by atoms with Gasteiger partial charge in [-0.05, 0) is 12.8 Å². The Balaban J connectivity index is 1.60. The van der Waals surface area contributed by atoms with Crippen LogP contribution in [0.15, 0.2) is 11.8 Å². The molecule has 2 amide bonds. The zero-order chi connectivity index (χ0) is 17.9. The molecule has 0 saturated carbocycles. The van der Waals surface area contributed by atoms with E-state index >= 15 is 0 Å². The van der Waals surface area contributed by atoms with Crippen LogP contribution in [0.5, 0.6) is 0 Å². The molecule has 8 nitrogen and oxygen atoms in total. The number of amides is 2. The van der Waals surface area contributed by atoms with Crippen molar-refractivity contribution in [2.45, 2.75) is 19.3 Å². The molecule has 0 aromatic carbocycles. The topological polar surface area (TPSA) is 100 Å². The molecular weight excluding hydrogens is 320 g/mol. The Labute approximate surface area is 149 Å². The lowest BCUT2D eigenvalue weighted by molar-refractivity contribution is -0.127. The summed E-state index contributed by atoms with van der Waals surface area (Å²) in [5, 5.41) is 18.2. The van der Waals surface area contributed by atoms with E-state index in [4.69, 9.17) is 5.26 Å². The van der Waals surface area contributed by atoms with E-state index in [-0.39, 0.29) is 17.4 Å². The van der Waals surface area contributed by atoms with Gasteiger partial charge in [0.1, 0.15) is 11.6 Å². The fourth-order valence-corrected chi connectivity index (χ4v) is 2.99. The molecule has 138 valence electrons. The summed E-state index contributed by atoms with van der Waals surface area (Å²) in [4.78, 5) is 27.6. The lowest BCUT2D eigenvalue weighted by Crippen LogP contribution is -2.45. The van der Waals surface area contributed by atoms with Gasteiger partial charge < -0.3 is 20.9 Å². The van der Waals surface area contributed by atoms with E-state index in [1.165, 1.54) is 6.20 Å². The summed E-state index contributed by atoms with van der Waals surface area (Å²) < 4.78 is 0. The SMILES string of the molecule is N#C/C(=C/NCCN1CCNCC1)C(=O)NCCCN1CCCC1=O. The van der Waals surface area contributed by atoms with Crippen LogP contribution in [0.1, 0.15) is 19.3 Å². The third kappa shape index (κ3) is 6.72. The second-order valence-corrected chi connectivity index (χ2v) is 6.31. The summed E-state index contributed by atoms with van der Waals surface area (Å²) in [6.07, 6.45) is 3.74. The van der Waals surface area contributed by atoms with Crippen LogP contribution in [0.3, 0.4) is 0 Å². The predicted molar refractivity (Wildman–Crippen MR) is 94.4 cm³/mol. The highest BCUT2D eigenvalue weighted by Gasteiger charge is 2.19. The molecule has 0 radical (unpaired) electrons. The van der Waals surface area contributed by atoms with Crippen molar-refractivity contribution in [1.82, 2.24) is 25.8 Å². The second kappa shape index (κ2) is 10.7. The number of hydrogen-bond donors (Lipinski definition) is 3. The maximum atomic E-state index is 12.0. The highest BCUT2D eigenvalue weighted by Crippen LogP contribution is 2.09. The first kappa shape index (κ1) is 19.2. The Hall–Kier alpha value is -2.11. The minimum absolute atomic E-state index is 0.0811. The largest absolute Gasteiger partial charge is 0.388 e. The van der Waals surface area contributed by atoms with E-state index < -0.39 is 0 Å². The molecule has 2 fully saturated rings. The number of nitrogens with one attached hydrogen (secondary N) is 3. The van der Waals surface area contributed by atoms with Crippen LogP contribution in [-0.2, 0) is 9.59 Å². The van der Waals surface area contributed by atoms with Crippen molar-refractivity contribution in [1.29, 1.82) is 5.26 Å². The van der Waals surface area contributed by atoms with Gasteiger partial charge in [0, 0.05) is 71.5 Å². The van der Waals surface area contributed by atoms with Gasteiger partial charge in [0.25, 0.3) is 5.91 Å². The van der Waals surface area contributed by atoms with E-state index in [0.29, 0.717) is 32.5 Å². The third-order valence-electron chi connectivity index (χ3n) is 4.46. The van der Waals surface area contributed by atoms with Gasteiger partial charge in [-0.2, -0.15) is 5.26 Å². The highest BCUT2D eigenvalue weighted by molar-refractivity contribution is 5.97. The highest BCUT2D eigenvalue weighted by atomic mass is 16.2. The first-order valence-electron chi connectivity index (χ1n) is 9.03. The molecule has 25 heavy (non-hydrogen) atoms. The molecule has 3 N–H and O–H groups in total. The lowest BCUT2D eigenvalue weighted by Gasteiger charge is -2.26. The molecule has 8 heteroatoms. The molecule has 2 aliphatic rings. The Morgan fingerprint density at radius 1 is 1.24 bits per heavy atom. The molecule has 0 atom stereocenters. The summed E-state index contributed by atoms with van der Waals surface area (Å²) >= 11 is 0. The maximum absolute atomic E-state index is 12.0.